The molecule has 44 heavy (non-hydrogen) atoms. The first-order valence-corrected chi connectivity index (χ1v) is 15.6. The van der Waals surface area contributed by atoms with Crippen molar-refractivity contribution in [1.29, 1.82) is 0 Å². The summed E-state index contributed by atoms with van der Waals surface area (Å²) in [4.78, 5) is 12.8. The highest BCUT2D eigenvalue weighted by molar-refractivity contribution is 5.66. The van der Waals surface area contributed by atoms with Crippen LogP contribution in [0.5, 0.6) is 11.5 Å². The van der Waals surface area contributed by atoms with Crippen molar-refractivity contribution < 1.29 is 34.0 Å². The van der Waals surface area contributed by atoms with Crippen LogP contribution in [0.1, 0.15) is 68.1 Å². The number of aliphatic hydroxyl groups excluding tert-OH is 1. The minimum Gasteiger partial charge on any atom is -0.497 e. The van der Waals surface area contributed by atoms with Gasteiger partial charge < -0.3 is 29.2 Å². The molecule has 1 atom stereocenters. The highest BCUT2D eigenvalue weighted by Crippen LogP contribution is 2.41. The average molecular weight is 608 g/mol. The number of rotatable bonds is 22. The summed E-state index contributed by atoms with van der Waals surface area (Å²) in [7, 11) is 5.03. The molecule has 8 heteroatoms. The van der Waals surface area contributed by atoms with E-state index >= 15 is 0 Å². The van der Waals surface area contributed by atoms with Crippen LogP contribution in [0.15, 0.2) is 78.9 Å². The SMILES string of the molecule is COc1ccc(C(OCCN(CCO)C(CCCCCCCCC(=O)O)OC)(c2ccccc2)c2ccc(OC)cc2)cc1. The average Bonchev–Trinajstić information content (AvgIpc) is 3.06. The lowest BCUT2D eigenvalue weighted by Crippen LogP contribution is -2.42. The van der Waals surface area contributed by atoms with Crippen molar-refractivity contribution in [3.63, 3.8) is 0 Å². The molecule has 3 aromatic rings. The molecule has 0 aliphatic heterocycles. The second-order valence-corrected chi connectivity index (χ2v) is 10.9. The zero-order valence-electron chi connectivity index (χ0n) is 26.5. The maximum Gasteiger partial charge on any atom is 0.303 e. The zero-order chi connectivity index (χ0) is 31.6. The number of methoxy groups -OCH3 is 3. The third kappa shape index (κ3) is 10.1. The van der Waals surface area contributed by atoms with Gasteiger partial charge in [-0.2, -0.15) is 0 Å². The summed E-state index contributed by atoms with van der Waals surface area (Å²) in [6.07, 6.45) is 6.77. The first-order valence-electron chi connectivity index (χ1n) is 15.6. The number of hydrogen-bond acceptors (Lipinski definition) is 7. The van der Waals surface area contributed by atoms with Crippen molar-refractivity contribution in [1.82, 2.24) is 4.90 Å². The van der Waals surface area contributed by atoms with Gasteiger partial charge in [-0.25, -0.2) is 0 Å². The second-order valence-electron chi connectivity index (χ2n) is 10.9. The minimum atomic E-state index is -0.909. The minimum absolute atomic E-state index is 0.0181. The van der Waals surface area contributed by atoms with Crippen molar-refractivity contribution in [2.45, 2.75) is 63.2 Å². The van der Waals surface area contributed by atoms with E-state index in [0.717, 1.165) is 73.1 Å². The van der Waals surface area contributed by atoms with Gasteiger partial charge in [-0.05, 0) is 60.2 Å². The summed E-state index contributed by atoms with van der Waals surface area (Å²) >= 11 is 0. The number of nitrogens with zero attached hydrogens (tertiary/aromatic N) is 1. The molecule has 0 amide bonds. The predicted octanol–water partition coefficient (Wildman–Crippen LogP) is 6.48. The van der Waals surface area contributed by atoms with Crippen molar-refractivity contribution in [3.8, 4) is 11.5 Å². The Morgan fingerprint density at radius 2 is 1.25 bits per heavy atom. The summed E-state index contributed by atoms with van der Waals surface area (Å²) in [6.45, 7) is 1.44. The van der Waals surface area contributed by atoms with Crippen molar-refractivity contribution in [2.75, 3.05) is 47.6 Å². The molecule has 8 nitrogen and oxygen atoms in total. The highest BCUT2D eigenvalue weighted by Gasteiger charge is 2.38. The number of benzene rings is 3. The lowest BCUT2D eigenvalue weighted by atomic mass is 9.80. The molecular weight excluding hydrogens is 558 g/mol. The van der Waals surface area contributed by atoms with Crippen molar-refractivity contribution >= 4 is 5.97 Å². The normalized spacial score (nSPS) is 12.3. The monoisotopic (exact) mass is 607 g/mol. The van der Waals surface area contributed by atoms with E-state index < -0.39 is 11.6 Å². The molecule has 3 aromatic carbocycles. The van der Waals surface area contributed by atoms with Gasteiger partial charge in [-0.3, -0.25) is 9.69 Å². The van der Waals surface area contributed by atoms with Gasteiger partial charge in [0.05, 0.1) is 27.4 Å². The van der Waals surface area contributed by atoms with E-state index in [1.165, 1.54) is 0 Å². The molecule has 2 N–H and O–H groups in total. The number of aliphatic carboxylic acids is 1. The Morgan fingerprint density at radius 3 is 1.75 bits per heavy atom. The number of aliphatic hydroxyl groups is 1. The molecule has 0 aliphatic rings. The number of ether oxygens (including phenoxy) is 4. The number of carboxylic acid groups (broad SMARTS) is 1. The van der Waals surface area contributed by atoms with Crippen LogP contribution in [0.25, 0.3) is 0 Å². The molecule has 0 aromatic heterocycles. The van der Waals surface area contributed by atoms with E-state index in [9.17, 15) is 9.90 Å². The maximum absolute atomic E-state index is 10.7. The predicted molar refractivity (Wildman–Crippen MR) is 172 cm³/mol. The van der Waals surface area contributed by atoms with Crippen LogP contribution < -0.4 is 9.47 Å². The molecule has 1 unspecified atom stereocenters. The molecule has 0 bridgehead atoms. The standard InChI is InChI=1S/C36H49NO7/c1-41-32-21-17-30(18-22-32)36(29-13-9-8-10-14-29,31-19-23-33(42-2)24-20-31)44-28-26-37(25-27-38)34(43-3)15-11-6-4-5-7-12-16-35(39)40/h8-10,13-14,17-24,34,38H,4-7,11-12,15-16,25-28H2,1-3H3,(H,39,40). The van der Waals surface area contributed by atoms with E-state index in [4.69, 9.17) is 24.1 Å². The van der Waals surface area contributed by atoms with Crippen LogP contribution in [-0.4, -0.2) is 74.9 Å². The van der Waals surface area contributed by atoms with Gasteiger partial charge in [0.25, 0.3) is 0 Å². The Labute approximate surface area is 262 Å². The van der Waals surface area contributed by atoms with Gasteiger partial charge in [0.1, 0.15) is 23.3 Å². The summed E-state index contributed by atoms with van der Waals surface area (Å²) in [5.41, 5.74) is 2.02. The van der Waals surface area contributed by atoms with E-state index in [0.29, 0.717) is 19.7 Å². The van der Waals surface area contributed by atoms with Crippen LogP contribution >= 0.6 is 0 Å². The van der Waals surface area contributed by atoms with E-state index in [1.807, 2.05) is 66.7 Å². The maximum atomic E-state index is 10.7. The fourth-order valence-electron chi connectivity index (χ4n) is 5.67. The number of hydrogen-bond donors (Lipinski definition) is 2. The van der Waals surface area contributed by atoms with Crippen LogP contribution in [0.4, 0.5) is 0 Å². The van der Waals surface area contributed by atoms with E-state index in [-0.39, 0.29) is 19.3 Å². The molecule has 0 fully saturated rings. The Kier molecular flexibility index (Phi) is 15.2. The molecular formula is C36H49NO7. The van der Waals surface area contributed by atoms with Gasteiger partial charge in [0.15, 0.2) is 0 Å². The number of unbranched alkanes of at least 4 members (excludes halogenated alkanes) is 5. The lowest BCUT2D eigenvalue weighted by molar-refractivity contribution is -0.137. The van der Waals surface area contributed by atoms with Crippen LogP contribution in [-0.2, 0) is 19.9 Å². The van der Waals surface area contributed by atoms with Crippen LogP contribution in [0.2, 0.25) is 0 Å². The lowest BCUT2D eigenvalue weighted by Gasteiger charge is -2.37. The van der Waals surface area contributed by atoms with Crippen molar-refractivity contribution in [3.05, 3.63) is 95.6 Å². The Hall–Kier alpha value is -3.43. The summed E-state index contributed by atoms with van der Waals surface area (Å²) in [5.74, 6) is 0.806. The van der Waals surface area contributed by atoms with E-state index in [2.05, 4.69) is 17.0 Å². The number of carboxylic acids is 1. The van der Waals surface area contributed by atoms with Gasteiger partial charge in [0, 0.05) is 26.6 Å². The first-order chi connectivity index (χ1) is 21.5. The zero-order valence-corrected chi connectivity index (χ0v) is 26.5. The molecule has 0 heterocycles. The molecule has 0 saturated carbocycles. The van der Waals surface area contributed by atoms with E-state index in [1.54, 1.807) is 21.3 Å². The van der Waals surface area contributed by atoms with Gasteiger partial charge in [-0.15, -0.1) is 0 Å². The Bertz CT molecular complexity index is 1150. The van der Waals surface area contributed by atoms with Crippen LogP contribution in [0, 0.1) is 0 Å². The number of carbonyl (C=O) groups is 1. The fourth-order valence-corrected chi connectivity index (χ4v) is 5.67. The Balaban J connectivity index is 1.78. The third-order valence-corrected chi connectivity index (χ3v) is 8.03. The summed E-state index contributed by atoms with van der Waals surface area (Å²) < 4.78 is 23.8. The first kappa shape index (κ1) is 35.1. The largest absolute Gasteiger partial charge is 0.497 e. The molecule has 0 saturated heterocycles. The summed E-state index contributed by atoms with van der Waals surface area (Å²) in [5, 5.41) is 18.7. The molecule has 240 valence electrons. The quantitative estimate of drug-likeness (QED) is 0.0761. The van der Waals surface area contributed by atoms with Gasteiger partial charge in [0.2, 0.25) is 0 Å². The molecule has 0 spiro atoms. The van der Waals surface area contributed by atoms with Crippen molar-refractivity contribution in [2.24, 2.45) is 0 Å². The fraction of sp³-hybridized carbons (Fsp3) is 0.472. The smallest absolute Gasteiger partial charge is 0.303 e. The topological polar surface area (TPSA) is 97.7 Å². The van der Waals surface area contributed by atoms with Gasteiger partial charge >= 0.3 is 5.97 Å². The second kappa shape index (κ2) is 19.1. The molecule has 3 rings (SSSR count). The molecule has 0 radical (unpaired) electrons. The highest BCUT2D eigenvalue weighted by atomic mass is 16.5. The third-order valence-electron chi connectivity index (χ3n) is 8.03. The van der Waals surface area contributed by atoms with Gasteiger partial charge in [-0.1, -0.05) is 80.3 Å². The molecule has 0 aliphatic carbocycles. The Morgan fingerprint density at radius 1 is 0.727 bits per heavy atom. The van der Waals surface area contributed by atoms with Crippen LogP contribution in [0.3, 0.4) is 0 Å². The summed E-state index contributed by atoms with van der Waals surface area (Å²) in [6, 6.07) is 26.2.